The minimum atomic E-state index is 0.0896. The van der Waals surface area contributed by atoms with Crippen LogP contribution in [0.4, 0.5) is 0 Å². The van der Waals surface area contributed by atoms with Crippen LogP contribution >= 0.6 is 0 Å². The third-order valence-electron chi connectivity index (χ3n) is 4.23. The molecular weight excluding hydrogens is 192 g/mol. The van der Waals surface area contributed by atoms with Crippen LogP contribution in [0.2, 0.25) is 0 Å². The third kappa shape index (κ3) is 1.60. The Morgan fingerprint density at radius 3 is 2.60 bits per heavy atom. The minimum absolute atomic E-state index is 0.0896. The van der Waals surface area contributed by atoms with E-state index in [1.807, 2.05) is 0 Å². The summed E-state index contributed by atoms with van der Waals surface area (Å²) in [5.41, 5.74) is 0.548. The zero-order chi connectivity index (χ0) is 10.4. The molecule has 4 fully saturated rings. The molecule has 0 unspecified atom stereocenters. The van der Waals surface area contributed by atoms with Crippen molar-refractivity contribution in [2.75, 3.05) is 46.0 Å². The van der Waals surface area contributed by atoms with E-state index in [2.05, 4.69) is 10.2 Å². The van der Waals surface area contributed by atoms with Crippen LogP contribution in [-0.4, -0.2) is 61.5 Å². The lowest BCUT2D eigenvalue weighted by Crippen LogP contribution is -2.55. The largest absolute Gasteiger partial charge is 0.394 e. The van der Waals surface area contributed by atoms with Gasteiger partial charge in [0.15, 0.2) is 0 Å². The molecule has 0 spiro atoms. The molecule has 1 aliphatic carbocycles. The summed E-state index contributed by atoms with van der Waals surface area (Å²) in [6.45, 7) is 6.50. The molecule has 3 saturated heterocycles. The number of fused-ring (bicyclic) bond motifs is 1. The highest BCUT2D eigenvalue weighted by Gasteiger charge is 2.60. The molecule has 0 radical (unpaired) electrons. The van der Waals surface area contributed by atoms with Gasteiger partial charge in [-0.1, -0.05) is 0 Å². The third-order valence-corrected chi connectivity index (χ3v) is 4.23. The first-order chi connectivity index (χ1) is 7.26. The monoisotopic (exact) mass is 212 g/mol. The molecule has 3 aliphatic heterocycles. The molecule has 2 bridgehead atoms. The van der Waals surface area contributed by atoms with Crippen molar-refractivity contribution in [2.24, 2.45) is 5.41 Å². The van der Waals surface area contributed by atoms with Crippen LogP contribution in [0.5, 0.6) is 0 Å². The highest BCUT2D eigenvalue weighted by Crippen LogP contribution is 2.53. The van der Waals surface area contributed by atoms with Crippen LogP contribution in [0.1, 0.15) is 12.8 Å². The number of nitrogens with one attached hydrogen (secondary N) is 1. The van der Waals surface area contributed by atoms with E-state index in [9.17, 15) is 5.11 Å². The van der Waals surface area contributed by atoms with Gasteiger partial charge >= 0.3 is 0 Å². The van der Waals surface area contributed by atoms with Gasteiger partial charge in [0, 0.05) is 31.7 Å². The first-order valence-corrected chi connectivity index (χ1v) is 5.92. The maximum Gasteiger partial charge on any atom is 0.0613 e. The standard InChI is InChI=1S/C11H20N2O2/c14-9-11-5-10(6-11,7-12-11)8-13-1-3-15-4-2-13/h12,14H,1-9H2. The molecule has 4 nitrogen and oxygen atoms in total. The van der Waals surface area contributed by atoms with Gasteiger partial charge in [0.25, 0.3) is 0 Å². The number of rotatable bonds is 3. The molecule has 4 heteroatoms. The molecule has 0 aromatic carbocycles. The second-order valence-electron chi connectivity index (χ2n) is 5.53. The summed E-state index contributed by atoms with van der Waals surface area (Å²) in [6.07, 6.45) is 2.32. The molecule has 0 aromatic rings. The van der Waals surface area contributed by atoms with Crippen LogP contribution in [-0.2, 0) is 4.74 Å². The van der Waals surface area contributed by atoms with Crippen molar-refractivity contribution in [1.29, 1.82) is 0 Å². The highest BCUT2D eigenvalue weighted by atomic mass is 16.5. The van der Waals surface area contributed by atoms with E-state index in [0.29, 0.717) is 12.0 Å². The SMILES string of the molecule is OCC12CC(CN3CCOCC3)(CN1)C2. The van der Waals surface area contributed by atoms with Gasteiger partial charge < -0.3 is 15.2 Å². The van der Waals surface area contributed by atoms with Gasteiger partial charge in [0.05, 0.1) is 19.8 Å². The van der Waals surface area contributed by atoms with Crippen molar-refractivity contribution < 1.29 is 9.84 Å². The Morgan fingerprint density at radius 1 is 1.27 bits per heavy atom. The summed E-state index contributed by atoms with van der Waals surface area (Å²) in [7, 11) is 0. The van der Waals surface area contributed by atoms with Crippen LogP contribution in [0, 0.1) is 5.41 Å². The van der Waals surface area contributed by atoms with Crippen LogP contribution in [0.25, 0.3) is 0 Å². The lowest BCUT2D eigenvalue weighted by Gasteiger charge is -2.47. The van der Waals surface area contributed by atoms with Crippen molar-refractivity contribution in [1.82, 2.24) is 10.2 Å². The number of ether oxygens (including phenoxy) is 1. The van der Waals surface area contributed by atoms with E-state index >= 15 is 0 Å². The fourth-order valence-electron chi connectivity index (χ4n) is 3.58. The zero-order valence-corrected chi connectivity index (χ0v) is 9.17. The lowest BCUT2D eigenvalue weighted by molar-refractivity contribution is -0.0140. The summed E-state index contributed by atoms with van der Waals surface area (Å²) in [5.74, 6) is 0. The smallest absolute Gasteiger partial charge is 0.0613 e. The summed E-state index contributed by atoms with van der Waals surface area (Å²) in [5, 5.41) is 12.8. The molecule has 15 heavy (non-hydrogen) atoms. The molecule has 3 heterocycles. The van der Waals surface area contributed by atoms with Crippen LogP contribution in [0.3, 0.4) is 0 Å². The van der Waals surface area contributed by atoms with Crippen molar-refractivity contribution in [3.63, 3.8) is 0 Å². The van der Waals surface area contributed by atoms with E-state index in [-0.39, 0.29) is 5.54 Å². The normalized spacial score (nSPS) is 45.4. The molecule has 0 amide bonds. The molecule has 1 saturated carbocycles. The molecule has 0 atom stereocenters. The van der Waals surface area contributed by atoms with E-state index in [1.54, 1.807) is 0 Å². The number of hydrogen-bond acceptors (Lipinski definition) is 4. The number of aliphatic hydroxyl groups is 1. The zero-order valence-electron chi connectivity index (χ0n) is 9.17. The Hall–Kier alpha value is -0.160. The van der Waals surface area contributed by atoms with Crippen LogP contribution < -0.4 is 5.32 Å². The summed E-state index contributed by atoms with van der Waals surface area (Å²) in [6, 6.07) is 0. The van der Waals surface area contributed by atoms with E-state index in [4.69, 9.17) is 4.74 Å². The number of aliphatic hydroxyl groups excluding tert-OH is 1. The van der Waals surface area contributed by atoms with E-state index in [1.165, 1.54) is 6.54 Å². The predicted molar refractivity (Wildman–Crippen MR) is 56.7 cm³/mol. The summed E-state index contributed by atoms with van der Waals surface area (Å²) < 4.78 is 5.35. The maximum atomic E-state index is 9.29. The Kier molecular flexibility index (Phi) is 2.28. The Morgan fingerprint density at radius 2 is 2.00 bits per heavy atom. The molecule has 4 aliphatic rings. The summed E-state index contributed by atoms with van der Waals surface area (Å²) >= 11 is 0. The quantitative estimate of drug-likeness (QED) is 0.658. The van der Waals surface area contributed by atoms with E-state index < -0.39 is 0 Å². The second-order valence-corrected chi connectivity index (χ2v) is 5.53. The minimum Gasteiger partial charge on any atom is -0.394 e. The van der Waals surface area contributed by atoms with Crippen LogP contribution in [0.15, 0.2) is 0 Å². The molecule has 0 aromatic heterocycles. The second kappa shape index (κ2) is 3.42. The first kappa shape index (κ1) is 10.0. The fourth-order valence-corrected chi connectivity index (χ4v) is 3.58. The van der Waals surface area contributed by atoms with Gasteiger partial charge in [-0.2, -0.15) is 0 Å². The summed E-state index contributed by atoms with van der Waals surface area (Å²) in [4.78, 5) is 2.51. The Labute approximate surface area is 90.6 Å². The first-order valence-electron chi connectivity index (χ1n) is 5.92. The van der Waals surface area contributed by atoms with Gasteiger partial charge in [0.1, 0.15) is 0 Å². The van der Waals surface area contributed by atoms with Crippen molar-refractivity contribution in [2.45, 2.75) is 18.4 Å². The van der Waals surface area contributed by atoms with Gasteiger partial charge in [-0.15, -0.1) is 0 Å². The van der Waals surface area contributed by atoms with Crippen molar-refractivity contribution in [3.05, 3.63) is 0 Å². The van der Waals surface area contributed by atoms with Gasteiger partial charge in [-0.25, -0.2) is 0 Å². The average molecular weight is 212 g/mol. The average Bonchev–Trinajstić information content (AvgIpc) is 2.74. The van der Waals surface area contributed by atoms with E-state index in [0.717, 1.165) is 45.7 Å². The van der Waals surface area contributed by atoms with Gasteiger partial charge in [-0.05, 0) is 18.3 Å². The highest BCUT2D eigenvalue weighted by molar-refractivity contribution is 5.17. The number of nitrogens with zero attached hydrogens (tertiary/aromatic N) is 1. The lowest BCUT2D eigenvalue weighted by atomic mass is 9.62. The van der Waals surface area contributed by atoms with Crippen molar-refractivity contribution in [3.8, 4) is 0 Å². The number of morpholine rings is 1. The topological polar surface area (TPSA) is 44.7 Å². The molecule has 2 N–H and O–H groups in total. The van der Waals surface area contributed by atoms with Crippen molar-refractivity contribution >= 4 is 0 Å². The Bertz CT molecular complexity index is 245. The Balaban J connectivity index is 1.56. The van der Waals surface area contributed by atoms with Gasteiger partial charge in [0.2, 0.25) is 0 Å². The number of hydrogen-bond donors (Lipinski definition) is 2. The molecule has 4 rings (SSSR count). The predicted octanol–water partition coefficient (Wildman–Crippen LogP) is -0.567. The van der Waals surface area contributed by atoms with Gasteiger partial charge in [-0.3, -0.25) is 4.90 Å². The maximum absolute atomic E-state index is 9.29. The molecule has 86 valence electrons. The fraction of sp³-hybridized carbons (Fsp3) is 1.00. The molecular formula is C11H20N2O2.